The second kappa shape index (κ2) is 6.96. The SMILES string of the molecule is C=CCNC(N)=NCC1CC(=O)N(C2CC2)C1.I. The number of guanidine groups is 1. The number of halogens is 1. The van der Waals surface area contributed by atoms with Gasteiger partial charge >= 0.3 is 0 Å². The average Bonchev–Trinajstić information content (AvgIpc) is 3.08. The van der Waals surface area contributed by atoms with Crippen LogP contribution in [0.1, 0.15) is 19.3 Å². The van der Waals surface area contributed by atoms with E-state index in [1.165, 1.54) is 12.8 Å². The lowest BCUT2D eigenvalue weighted by Crippen LogP contribution is -2.32. The van der Waals surface area contributed by atoms with E-state index in [2.05, 4.69) is 16.9 Å². The first-order valence-electron chi connectivity index (χ1n) is 6.15. The van der Waals surface area contributed by atoms with Gasteiger partial charge in [0.15, 0.2) is 5.96 Å². The molecule has 1 amide bonds. The van der Waals surface area contributed by atoms with Crippen molar-refractivity contribution < 1.29 is 4.79 Å². The number of likely N-dealkylation sites (tertiary alicyclic amines) is 1. The Bertz CT molecular complexity index is 341. The van der Waals surface area contributed by atoms with E-state index in [0.717, 1.165) is 6.54 Å². The Morgan fingerprint density at radius 2 is 2.33 bits per heavy atom. The van der Waals surface area contributed by atoms with Gasteiger partial charge in [0.1, 0.15) is 0 Å². The molecule has 1 aliphatic carbocycles. The quantitative estimate of drug-likeness (QED) is 0.327. The van der Waals surface area contributed by atoms with Crippen LogP contribution in [-0.2, 0) is 4.79 Å². The van der Waals surface area contributed by atoms with Crippen LogP contribution in [0.2, 0.25) is 0 Å². The summed E-state index contributed by atoms with van der Waals surface area (Å²) in [6, 6.07) is 0.521. The lowest BCUT2D eigenvalue weighted by Gasteiger charge is -2.14. The zero-order chi connectivity index (χ0) is 12.3. The summed E-state index contributed by atoms with van der Waals surface area (Å²) in [6.45, 7) is 5.69. The van der Waals surface area contributed by atoms with Gasteiger partial charge in [-0.25, -0.2) is 0 Å². The van der Waals surface area contributed by atoms with Gasteiger partial charge in [-0.2, -0.15) is 0 Å². The van der Waals surface area contributed by atoms with Gasteiger partial charge in [-0.3, -0.25) is 9.79 Å². The van der Waals surface area contributed by atoms with Crippen LogP contribution in [0.5, 0.6) is 0 Å². The number of nitrogens with one attached hydrogen (secondary N) is 1. The predicted molar refractivity (Wildman–Crippen MR) is 82.9 cm³/mol. The molecule has 2 fully saturated rings. The van der Waals surface area contributed by atoms with Crippen molar-refractivity contribution in [3.05, 3.63) is 12.7 Å². The minimum absolute atomic E-state index is 0. The number of nitrogens with zero attached hydrogens (tertiary/aromatic N) is 2. The number of hydrogen-bond donors (Lipinski definition) is 2. The molecule has 1 saturated carbocycles. The van der Waals surface area contributed by atoms with Crippen LogP contribution in [0, 0.1) is 5.92 Å². The summed E-state index contributed by atoms with van der Waals surface area (Å²) in [4.78, 5) is 18.0. The van der Waals surface area contributed by atoms with Crippen molar-refractivity contribution in [1.82, 2.24) is 10.2 Å². The average molecular weight is 364 g/mol. The molecule has 0 bridgehead atoms. The third kappa shape index (κ3) is 4.15. The fourth-order valence-electron chi connectivity index (χ4n) is 2.13. The summed E-state index contributed by atoms with van der Waals surface area (Å²) in [5.74, 6) is 1.04. The molecular weight excluding hydrogens is 343 g/mol. The molecule has 1 heterocycles. The molecule has 0 spiro atoms. The van der Waals surface area contributed by atoms with E-state index in [1.807, 2.05) is 4.90 Å². The minimum Gasteiger partial charge on any atom is -0.370 e. The summed E-state index contributed by atoms with van der Waals surface area (Å²) >= 11 is 0. The number of nitrogens with two attached hydrogens (primary N) is 1. The third-order valence-corrected chi connectivity index (χ3v) is 3.17. The van der Waals surface area contributed by atoms with Crippen molar-refractivity contribution >= 4 is 35.8 Å². The van der Waals surface area contributed by atoms with Crippen LogP contribution < -0.4 is 11.1 Å². The van der Waals surface area contributed by atoms with E-state index in [0.29, 0.717) is 37.4 Å². The van der Waals surface area contributed by atoms with Crippen molar-refractivity contribution in [3.63, 3.8) is 0 Å². The minimum atomic E-state index is 0. The molecule has 5 nitrogen and oxygen atoms in total. The summed E-state index contributed by atoms with van der Waals surface area (Å²) in [6.07, 6.45) is 4.69. The van der Waals surface area contributed by atoms with Gasteiger partial charge in [0.2, 0.25) is 5.91 Å². The van der Waals surface area contributed by atoms with Crippen LogP contribution >= 0.6 is 24.0 Å². The Labute approximate surface area is 125 Å². The Kier molecular flexibility index (Phi) is 5.90. The van der Waals surface area contributed by atoms with Gasteiger partial charge in [-0.05, 0) is 12.8 Å². The topological polar surface area (TPSA) is 70.7 Å². The first kappa shape index (κ1) is 15.3. The van der Waals surface area contributed by atoms with E-state index >= 15 is 0 Å². The van der Waals surface area contributed by atoms with Gasteiger partial charge < -0.3 is 16.0 Å². The molecule has 0 radical (unpaired) electrons. The van der Waals surface area contributed by atoms with Crippen molar-refractivity contribution in [2.75, 3.05) is 19.6 Å². The molecule has 1 unspecified atom stereocenters. The molecule has 0 aromatic carbocycles. The van der Waals surface area contributed by atoms with Gasteiger partial charge in [0.05, 0.1) is 0 Å². The molecular formula is C12H21IN4O. The maximum atomic E-state index is 11.7. The van der Waals surface area contributed by atoms with Crippen molar-refractivity contribution in [2.24, 2.45) is 16.6 Å². The highest BCUT2D eigenvalue weighted by Crippen LogP contribution is 2.32. The van der Waals surface area contributed by atoms with E-state index in [-0.39, 0.29) is 29.9 Å². The van der Waals surface area contributed by atoms with Crippen molar-refractivity contribution in [3.8, 4) is 0 Å². The molecule has 0 aromatic heterocycles. The third-order valence-electron chi connectivity index (χ3n) is 3.17. The van der Waals surface area contributed by atoms with Crippen molar-refractivity contribution in [1.29, 1.82) is 0 Å². The van der Waals surface area contributed by atoms with Crippen molar-refractivity contribution in [2.45, 2.75) is 25.3 Å². The molecule has 3 N–H and O–H groups in total. The second-order valence-corrected chi connectivity index (χ2v) is 4.74. The number of carbonyl (C=O) groups excluding carboxylic acids is 1. The highest BCUT2D eigenvalue weighted by Gasteiger charge is 2.38. The van der Waals surface area contributed by atoms with E-state index < -0.39 is 0 Å². The molecule has 18 heavy (non-hydrogen) atoms. The smallest absolute Gasteiger partial charge is 0.223 e. The Balaban J connectivity index is 0.00000162. The Hall–Kier alpha value is -0.790. The summed E-state index contributed by atoms with van der Waals surface area (Å²) < 4.78 is 0. The molecule has 6 heteroatoms. The standard InChI is InChI=1S/C12H20N4O.HI/c1-2-5-14-12(13)15-7-9-6-11(17)16(8-9)10-3-4-10;/h2,9-10H,1,3-8H2,(H3,13,14,15);1H. The van der Waals surface area contributed by atoms with E-state index in [9.17, 15) is 4.79 Å². The van der Waals surface area contributed by atoms with E-state index in [1.54, 1.807) is 6.08 Å². The molecule has 0 aromatic rings. The van der Waals surface area contributed by atoms with Gasteiger partial charge in [0.25, 0.3) is 0 Å². The fourth-order valence-corrected chi connectivity index (χ4v) is 2.13. The lowest BCUT2D eigenvalue weighted by molar-refractivity contribution is -0.128. The number of aliphatic imine (C=N–C) groups is 1. The zero-order valence-corrected chi connectivity index (χ0v) is 12.8. The monoisotopic (exact) mass is 364 g/mol. The highest BCUT2D eigenvalue weighted by molar-refractivity contribution is 14.0. The van der Waals surface area contributed by atoms with Crippen LogP contribution in [0.15, 0.2) is 17.6 Å². The largest absolute Gasteiger partial charge is 0.370 e. The molecule has 2 aliphatic rings. The summed E-state index contributed by atoms with van der Waals surface area (Å²) in [5.41, 5.74) is 5.67. The summed E-state index contributed by atoms with van der Waals surface area (Å²) in [5, 5.41) is 2.92. The maximum absolute atomic E-state index is 11.7. The lowest BCUT2D eigenvalue weighted by atomic mass is 10.1. The molecule has 2 rings (SSSR count). The van der Waals surface area contributed by atoms with Gasteiger partial charge in [0, 0.05) is 38.0 Å². The first-order chi connectivity index (χ1) is 8.20. The van der Waals surface area contributed by atoms with Gasteiger partial charge in [-0.15, -0.1) is 30.6 Å². The maximum Gasteiger partial charge on any atom is 0.223 e. The predicted octanol–water partition coefficient (Wildman–Crippen LogP) is 0.706. The van der Waals surface area contributed by atoms with Gasteiger partial charge in [-0.1, -0.05) is 6.08 Å². The molecule has 1 saturated heterocycles. The fraction of sp³-hybridized carbons (Fsp3) is 0.667. The van der Waals surface area contributed by atoms with Crippen LogP contribution in [0.3, 0.4) is 0 Å². The molecule has 1 aliphatic heterocycles. The number of hydrogen-bond acceptors (Lipinski definition) is 2. The summed E-state index contributed by atoms with van der Waals surface area (Å²) in [7, 11) is 0. The van der Waals surface area contributed by atoms with Crippen LogP contribution in [0.25, 0.3) is 0 Å². The van der Waals surface area contributed by atoms with Crippen LogP contribution in [0.4, 0.5) is 0 Å². The van der Waals surface area contributed by atoms with E-state index in [4.69, 9.17) is 5.73 Å². The second-order valence-electron chi connectivity index (χ2n) is 4.74. The number of carbonyl (C=O) groups is 1. The molecule has 102 valence electrons. The zero-order valence-electron chi connectivity index (χ0n) is 10.5. The van der Waals surface area contributed by atoms with Crippen LogP contribution in [-0.4, -0.2) is 42.4 Å². The first-order valence-corrected chi connectivity index (χ1v) is 6.15. The Morgan fingerprint density at radius 3 is 2.94 bits per heavy atom. The Morgan fingerprint density at radius 1 is 1.61 bits per heavy atom. The molecule has 1 atom stereocenters. The highest BCUT2D eigenvalue weighted by atomic mass is 127. The number of amides is 1. The number of rotatable bonds is 5. The normalized spacial score (nSPS) is 23.8.